The van der Waals surface area contributed by atoms with Crippen molar-refractivity contribution in [3.05, 3.63) is 70.9 Å². The van der Waals surface area contributed by atoms with E-state index < -0.39 is 26.5 Å². The van der Waals surface area contributed by atoms with Crippen LogP contribution in [-0.4, -0.2) is 55.8 Å². The zero-order valence-corrected chi connectivity index (χ0v) is 46.3. The van der Waals surface area contributed by atoms with E-state index in [9.17, 15) is 19.0 Å². The quantitative estimate of drug-likeness (QED) is 0.0202. The van der Waals surface area contributed by atoms with Crippen molar-refractivity contribution in [2.45, 2.75) is 254 Å². The maximum Gasteiger partial charge on any atom is 0.472 e. The highest BCUT2D eigenvalue weighted by molar-refractivity contribution is 7.47. The van der Waals surface area contributed by atoms with Crippen LogP contribution < -0.4 is 5.32 Å². The smallest absolute Gasteiger partial charge is 0.462 e. The fraction of sp³-hybridized carbons (Fsp3) is 0.763. The first kappa shape index (κ1) is 64.5. The van der Waals surface area contributed by atoms with Crippen molar-refractivity contribution in [2.24, 2.45) is 5.41 Å². The van der Waals surface area contributed by atoms with Gasteiger partial charge in [-0.25, -0.2) is 4.57 Å². The van der Waals surface area contributed by atoms with Crippen LogP contribution in [-0.2, 0) is 32.7 Å². The van der Waals surface area contributed by atoms with Crippen molar-refractivity contribution >= 4 is 19.8 Å². The fourth-order valence-corrected chi connectivity index (χ4v) is 9.48. The van der Waals surface area contributed by atoms with Crippen LogP contribution in [0.15, 0.2) is 70.9 Å². The van der Waals surface area contributed by atoms with E-state index in [2.05, 4.69) is 83.3 Å². The number of unbranched alkanes of at least 4 members (excludes halogenated alkanes) is 23. The first-order valence-electron chi connectivity index (χ1n) is 28.0. The van der Waals surface area contributed by atoms with E-state index in [4.69, 9.17) is 18.5 Å². The third-order valence-corrected chi connectivity index (χ3v) is 14.1. The summed E-state index contributed by atoms with van der Waals surface area (Å²) in [6.07, 6.45) is 51.5. The van der Waals surface area contributed by atoms with Gasteiger partial charge in [0.25, 0.3) is 0 Å². The van der Waals surface area contributed by atoms with Crippen LogP contribution in [0.25, 0.3) is 0 Å². The third kappa shape index (κ3) is 38.8. The van der Waals surface area contributed by atoms with E-state index in [-0.39, 0.29) is 37.4 Å². The Morgan fingerprint density at radius 3 is 1.77 bits per heavy atom. The largest absolute Gasteiger partial charge is 0.472 e. The highest BCUT2D eigenvalue weighted by Crippen LogP contribution is 2.43. The van der Waals surface area contributed by atoms with Gasteiger partial charge in [0.2, 0.25) is 0 Å². The number of phosphoric ester groups is 1. The van der Waals surface area contributed by atoms with Crippen molar-refractivity contribution in [1.29, 1.82) is 0 Å². The zero-order valence-electron chi connectivity index (χ0n) is 45.4. The van der Waals surface area contributed by atoms with Crippen LogP contribution in [0, 0.1) is 5.41 Å². The van der Waals surface area contributed by atoms with Gasteiger partial charge in [-0.3, -0.25) is 18.6 Å². The highest BCUT2D eigenvalue weighted by Gasteiger charge is 2.27. The average molecular weight is 986 g/mol. The van der Waals surface area contributed by atoms with Gasteiger partial charge in [-0.15, -0.1) is 0 Å². The lowest BCUT2D eigenvalue weighted by Crippen LogP contribution is -2.29. The van der Waals surface area contributed by atoms with Gasteiger partial charge in [-0.2, -0.15) is 0 Å². The summed E-state index contributed by atoms with van der Waals surface area (Å²) in [7, 11) is -4.47. The van der Waals surface area contributed by atoms with Crippen LogP contribution in [0.5, 0.6) is 0 Å². The second-order valence-corrected chi connectivity index (χ2v) is 21.9. The number of hydrogen-bond donors (Lipinski definition) is 2. The summed E-state index contributed by atoms with van der Waals surface area (Å²) >= 11 is 0. The van der Waals surface area contributed by atoms with Crippen LogP contribution in [0.2, 0.25) is 0 Å². The molecule has 0 aliphatic heterocycles. The topological polar surface area (TPSA) is 120 Å². The first-order chi connectivity index (χ1) is 33.3. The Bertz CT molecular complexity index is 1560. The molecular weight excluding hydrogens is 882 g/mol. The van der Waals surface area contributed by atoms with E-state index in [1.54, 1.807) is 0 Å². The van der Waals surface area contributed by atoms with E-state index in [0.717, 1.165) is 56.9 Å². The lowest BCUT2D eigenvalue weighted by atomic mass is 9.72. The molecule has 9 nitrogen and oxygen atoms in total. The number of allylic oxidation sites excluding steroid dienone is 11. The number of carbonyl (C=O) groups excluding carboxylic acids is 2. The lowest BCUT2D eigenvalue weighted by Gasteiger charge is -2.32. The number of ether oxygens (including phenoxy) is 2. The standard InChI is InChI=1S/C59H104NO8P/c1-8-10-12-14-16-18-20-22-23-25-27-29-31-33-35-42-58(62)68-55(50-65-57(61)41-34-32-30-28-26-24-21-19-17-15-13-11-9-2)51-67-69(63,64)66-49-48-60-47-45-53(4)39-36-38-52(3)43-44-56-54(5)40-37-46-59(56,6)7/h22-23,36,38-39,43-45,55,60H,8-21,24-35,37,40-42,46-51H2,1-7H3,(H,63,64)/b23-22-,39-36+,44-43+,52-38+,53-45+/t55-/m1/s1. The molecule has 0 saturated heterocycles. The van der Waals surface area contributed by atoms with Gasteiger partial charge in [0, 0.05) is 25.9 Å². The summed E-state index contributed by atoms with van der Waals surface area (Å²) in [6, 6.07) is 0. The van der Waals surface area contributed by atoms with E-state index >= 15 is 0 Å². The Morgan fingerprint density at radius 2 is 1.22 bits per heavy atom. The first-order valence-corrected chi connectivity index (χ1v) is 29.5. The van der Waals surface area contributed by atoms with Gasteiger partial charge in [-0.1, -0.05) is 221 Å². The van der Waals surface area contributed by atoms with Gasteiger partial charge in [0.15, 0.2) is 6.10 Å². The predicted octanol–water partition coefficient (Wildman–Crippen LogP) is 17.2. The summed E-state index contributed by atoms with van der Waals surface area (Å²) in [6.45, 7) is 15.7. The summed E-state index contributed by atoms with van der Waals surface area (Å²) < 4.78 is 34.4. The SMILES string of the molecule is CCCCCCCC/C=C\CCCCCCCC(=O)O[C@H](COC(=O)CCCCCCCCCCCCCCC)COP(=O)(O)OCCNC/C=C(C)/C=C/C=C(C)/C=C/C1=C(C)CCCC1(C)C. The molecule has 0 aromatic rings. The molecule has 0 saturated carbocycles. The lowest BCUT2D eigenvalue weighted by molar-refractivity contribution is -0.161. The minimum atomic E-state index is -4.47. The van der Waals surface area contributed by atoms with Crippen molar-refractivity contribution in [3.8, 4) is 0 Å². The summed E-state index contributed by atoms with van der Waals surface area (Å²) in [5.41, 5.74) is 5.44. The fourth-order valence-electron chi connectivity index (χ4n) is 8.73. The van der Waals surface area contributed by atoms with Gasteiger partial charge < -0.3 is 19.7 Å². The molecule has 0 fully saturated rings. The number of esters is 2. The minimum absolute atomic E-state index is 0.0640. The second kappa shape index (κ2) is 43.1. The number of rotatable bonds is 45. The Hall–Kier alpha value is -2.55. The number of hydrogen-bond acceptors (Lipinski definition) is 8. The minimum Gasteiger partial charge on any atom is -0.462 e. The predicted molar refractivity (Wildman–Crippen MR) is 291 cm³/mol. The molecule has 0 amide bonds. The Balaban J connectivity index is 2.49. The van der Waals surface area contributed by atoms with E-state index in [1.807, 2.05) is 19.1 Å². The molecule has 1 rings (SSSR count). The van der Waals surface area contributed by atoms with Crippen molar-refractivity contribution in [1.82, 2.24) is 5.32 Å². The molecule has 0 radical (unpaired) electrons. The van der Waals surface area contributed by atoms with Gasteiger partial charge in [0.1, 0.15) is 6.61 Å². The van der Waals surface area contributed by atoms with Crippen LogP contribution in [0.4, 0.5) is 0 Å². The monoisotopic (exact) mass is 986 g/mol. The van der Waals surface area contributed by atoms with Gasteiger partial charge >= 0.3 is 19.8 Å². The van der Waals surface area contributed by atoms with Crippen LogP contribution in [0.3, 0.4) is 0 Å². The second-order valence-electron chi connectivity index (χ2n) is 20.4. The molecule has 2 N–H and O–H groups in total. The molecule has 0 spiro atoms. The summed E-state index contributed by atoms with van der Waals surface area (Å²) in [4.78, 5) is 36.0. The van der Waals surface area contributed by atoms with Gasteiger partial charge in [-0.05, 0) is 89.5 Å². The molecule has 10 heteroatoms. The molecule has 398 valence electrons. The molecule has 1 unspecified atom stereocenters. The summed E-state index contributed by atoms with van der Waals surface area (Å²) in [5, 5.41) is 3.19. The van der Waals surface area contributed by atoms with E-state index in [1.165, 1.54) is 145 Å². The van der Waals surface area contributed by atoms with E-state index in [0.29, 0.717) is 19.5 Å². The van der Waals surface area contributed by atoms with Crippen LogP contribution >= 0.6 is 7.82 Å². The Morgan fingerprint density at radius 1 is 0.696 bits per heavy atom. The maximum atomic E-state index is 12.9. The third-order valence-electron chi connectivity index (χ3n) is 13.2. The summed E-state index contributed by atoms with van der Waals surface area (Å²) in [5.74, 6) is -0.823. The zero-order chi connectivity index (χ0) is 50.7. The Kier molecular flexibility index (Phi) is 40.2. The molecule has 0 bridgehead atoms. The highest BCUT2D eigenvalue weighted by atomic mass is 31.2. The van der Waals surface area contributed by atoms with Crippen molar-refractivity contribution in [2.75, 3.05) is 32.9 Å². The number of carbonyl (C=O) groups is 2. The maximum absolute atomic E-state index is 12.9. The number of nitrogens with one attached hydrogen (secondary N) is 1. The molecule has 0 aromatic carbocycles. The normalized spacial score (nSPS) is 16.0. The molecular formula is C59H104NO8P. The average Bonchev–Trinajstić information content (AvgIpc) is 3.30. The molecule has 1 aliphatic carbocycles. The molecule has 1 aliphatic rings. The van der Waals surface area contributed by atoms with Crippen molar-refractivity contribution in [3.63, 3.8) is 0 Å². The molecule has 0 aromatic heterocycles. The van der Waals surface area contributed by atoms with Gasteiger partial charge in [0.05, 0.1) is 13.2 Å². The van der Waals surface area contributed by atoms with Crippen molar-refractivity contribution < 1.29 is 37.6 Å². The molecule has 2 atom stereocenters. The molecule has 0 heterocycles. The molecule has 69 heavy (non-hydrogen) atoms. The Labute approximate surface area is 423 Å². The van der Waals surface area contributed by atoms with Crippen LogP contribution in [0.1, 0.15) is 248 Å². The number of phosphoric acid groups is 1.